The van der Waals surface area contributed by atoms with Crippen LogP contribution in [0.5, 0.6) is 0 Å². The van der Waals surface area contributed by atoms with Crippen LogP contribution in [-0.4, -0.2) is 54.7 Å². The lowest BCUT2D eigenvalue weighted by molar-refractivity contribution is -0.384. The van der Waals surface area contributed by atoms with E-state index < -0.39 is 36.6 Å². The molecule has 3 aromatic rings. The number of carbonyl (C=O) groups is 2. The maximum absolute atomic E-state index is 13.6. The molecular formula is C33H40N2O7Si. The fourth-order valence-electron chi connectivity index (χ4n) is 5.65. The van der Waals surface area contributed by atoms with E-state index in [4.69, 9.17) is 13.9 Å². The van der Waals surface area contributed by atoms with E-state index in [0.717, 1.165) is 10.4 Å². The number of nitro benzene ring substituents is 1. The largest absolute Gasteiger partial charge is 0.444 e. The van der Waals surface area contributed by atoms with Crippen LogP contribution in [0.15, 0.2) is 84.9 Å². The van der Waals surface area contributed by atoms with E-state index in [0.29, 0.717) is 19.4 Å². The molecule has 1 amide bonds. The Hall–Kier alpha value is -4.02. The molecule has 9 nitrogen and oxygen atoms in total. The van der Waals surface area contributed by atoms with Gasteiger partial charge in [0.2, 0.25) is 5.72 Å². The number of ether oxygens (including phenoxy) is 2. The molecule has 0 saturated carbocycles. The number of likely N-dealkylation sites (tertiary alicyclic amines) is 1. The molecule has 43 heavy (non-hydrogen) atoms. The van der Waals surface area contributed by atoms with Gasteiger partial charge in [-0.3, -0.25) is 15.0 Å². The number of non-ortho nitro benzene ring substituents is 1. The molecule has 1 aliphatic heterocycles. The second-order valence-corrected chi connectivity index (χ2v) is 17.1. The molecule has 1 atom stereocenters. The zero-order valence-corrected chi connectivity index (χ0v) is 26.7. The topological polar surface area (TPSA) is 108 Å². The number of benzene rings is 3. The minimum Gasteiger partial charge on any atom is -0.444 e. The summed E-state index contributed by atoms with van der Waals surface area (Å²) in [6.07, 6.45) is 0.299. The predicted octanol–water partition coefficient (Wildman–Crippen LogP) is 6.06. The summed E-state index contributed by atoms with van der Waals surface area (Å²) in [6.45, 7) is 12.0. The van der Waals surface area contributed by atoms with E-state index >= 15 is 0 Å². The van der Waals surface area contributed by atoms with Crippen LogP contribution in [0, 0.1) is 10.1 Å². The fourth-order valence-corrected chi connectivity index (χ4v) is 10.2. The minimum atomic E-state index is -3.07. The van der Waals surface area contributed by atoms with Crippen LogP contribution in [0.2, 0.25) is 5.04 Å². The van der Waals surface area contributed by atoms with E-state index in [1.807, 2.05) is 36.4 Å². The van der Waals surface area contributed by atoms with Gasteiger partial charge in [0.15, 0.2) is 0 Å². The van der Waals surface area contributed by atoms with Gasteiger partial charge in [-0.15, -0.1) is 0 Å². The highest BCUT2D eigenvalue weighted by molar-refractivity contribution is 6.99. The zero-order chi connectivity index (χ0) is 31.5. The highest BCUT2D eigenvalue weighted by atomic mass is 28.4. The summed E-state index contributed by atoms with van der Waals surface area (Å²) in [5.41, 5.74) is -2.25. The molecule has 0 aromatic heterocycles. The average Bonchev–Trinajstić information content (AvgIpc) is 3.36. The number of rotatable bonds is 8. The molecule has 4 rings (SSSR count). The van der Waals surface area contributed by atoms with Crippen molar-refractivity contribution in [1.29, 1.82) is 0 Å². The Morgan fingerprint density at radius 1 is 0.884 bits per heavy atom. The number of nitrogens with zero attached hydrogens (tertiary/aromatic N) is 2. The maximum Gasteiger partial charge on any atom is 0.413 e. The number of carbonyl (C=O) groups excluding carboxylic acids is 2. The highest BCUT2D eigenvalue weighted by Crippen LogP contribution is 2.40. The third-order valence-electron chi connectivity index (χ3n) is 7.58. The van der Waals surface area contributed by atoms with E-state index in [2.05, 4.69) is 45.0 Å². The van der Waals surface area contributed by atoms with E-state index in [-0.39, 0.29) is 22.9 Å². The van der Waals surface area contributed by atoms with Crippen molar-refractivity contribution in [3.05, 3.63) is 101 Å². The van der Waals surface area contributed by atoms with Crippen molar-refractivity contribution < 1.29 is 28.4 Å². The molecule has 0 aliphatic carbocycles. The molecule has 228 valence electrons. The Bertz CT molecular complexity index is 1390. The van der Waals surface area contributed by atoms with Crippen LogP contribution in [0.1, 0.15) is 64.7 Å². The third kappa shape index (κ3) is 6.81. The zero-order valence-electron chi connectivity index (χ0n) is 25.7. The van der Waals surface area contributed by atoms with Gasteiger partial charge in [0.1, 0.15) is 5.60 Å². The second kappa shape index (κ2) is 12.3. The molecule has 1 saturated heterocycles. The number of nitro groups is 1. The van der Waals surface area contributed by atoms with E-state index in [1.54, 1.807) is 20.8 Å². The first-order chi connectivity index (χ1) is 20.2. The van der Waals surface area contributed by atoms with Gasteiger partial charge in [0.25, 0.3) is 14.0 Å². The van der Waals surface area contributed by atoms with Gasteiger partial charge in [-0.05, 0) is 54.7 Å². The highest BCUT2D eigenvalue weighted by Gasteiger charge is 2.55. The summed E-state index contributed by atoms with van der Waals surface area (Å²) in [4.78, 5) is 39.2. The van der Waals surface area contributed by atoms with Crippen molar-refractivity contribution in [1.82, 2.24) is 4.90 Å². The Balaban J connectivity index is 1.80. The summed E-state index contributed by atoms with van der Waals surface area (Å²) < 4.78 is 19.2. The van der Waals surface area contributed by atoms with Crippen molar-refractivity contribution in [2.45, 2.75) is 70.7 Å². The van der Waals surface area contributed by atoms with Crippen molar-refractivity contribution >= 4 is 36.4 Å². The number of esters is 1. The molecule has 1 heterocycles. The minimum absolute atomic E-state index is 0.0851. The van der Waals surface area contributed by atoms with Crippen LogP contribution in [0.3, 0.4) is 0 Å². The molecular weight excluding hydrogens is 564 g/mol. The van der Waals surface area contributed by atoms with Gasteiger partial charge in [-0.1, -0.05) is 81.4 Å². The fraction of sp³-hybridized carbons (Fsp3) is 0.394. The number of hydrogen-bond donors (Lipinski definition) is 0. The summed E-state index contributed by atoms with van der Waals surface area (Å²) in [7, 11) is -3.07. The first-order valence-electron chi connectivity index (χ1n) is 14.4. The van der Waals surface area contributed by atoms with Crippen LogP contribution >= 0.6 is 0 Å². The van der Waals surface area contributed by atoms with Gasteiger partial charge < -0.3 is 13.9 Å². The quantitative estimate of drug-likeness (QED) is 0.133. The Kier molecular flexibility index (Phi) is 9.12. The van der Waals surface area contributed by atoms with Crippen LogP contribution in [-0.2, 0) is 13.9 Å². The van der Waals surface area contributed by atoms with E-state index in [9.17, 15) is 19.7 Å². The second-order valence-electron chi connectivity index (χ2n) is 12.8. The first kappa shape index (κ1) is 31.9. The molecule has 0 N–H and O–H groups in total. The van der Waals surface area contributed by atoms with Crippen molar-refractivity contribution in [2.75, 3.05) is 13.2 Å². The van der Waals surface area contributed by atoms with Crippen molar-refractivity contribution in [3.63, 3.8) is 0 Å². The molecule has 0 radical (unpaired) electrons. The number of hydrogen-bond acceptors (Lipinski definition) is 7. The van der Waals surface area contributed by atoms with Gasteiger partial charge in [-0.2, -0.15) is 0 Å². The van der Waals surface area contributed by atoms with Crippen molar-refractivity contribution in [3.8, 4) is 0 Å². The first-order valence-corrected chi connectivity index (χ1v) is 16.3. The summed E-state index contributed by atoms with van der Waals surface area (Å²) >= 11 is 0. The Morgan fingerprint density at radius 3 is 1.88 bits per heavy atom. The Labute approximate surface area is 254 Å². The monoisotopic (exact) mass is 604 g/mol. The van der Waals surface area contributed by atoms with E-state index in [1.165, 1.54) is 29.2 Å². The van der Waals surface area contributed by atoms with Gasteiger partial charge >= 0.3 is 12.1 Å². The summed E-state index contributed by atoms with van der Waals surface area (Å²) in [6, 6.07) is 25.4. The van der Waals surface area contributed by atoms with Gasteiger partial charge in [0, 0.05) is 25.1 Å². The molecule has 1 fully saturated rings. The lowest BCUT2D eigenvalue weighted by atomic mass is 10.1. The molecule has 3 aromatic carbocycles. The summed E-state index contributed by atoms with van der Waals surface area (Å²) in [5, 5.41) is 12.9. The normalized spacial score (nSPS) is 17.4. The van der Waals surface area contributed by atoms with Crippen molar-refractivity contribution in [2.24, 2.45) is 0 Å². The molecule has 0 unspecified atom stereocenters. The third-order valence-corrected chi connectivity index (χ3v) is 12.6. The average molecular weight is 605 g/mol. The standard InChI is InChI=1S/C33H40N2O7Si/c1-31(2,3)42-30(37)34-23-13-22-33(34,41-29(36)25-18-20-26(21-19-25)35(38)39)24-40-43(32(4,5)6,27-14-9-7-10-15-27)28-16-11-8-12-17-28/h7-12,14-21H,13,22-24H2,1-6H3/t33-/m0/s1. The van der Waals surface area contributed by atoms with Gasteiger partial charge in [-0.25, -0.2) is 9.59 Å². The van der Waals surface area contributed by atoms with Crippen LogP contribution < -0.4 is 10.4 Å². The Morgan fingerprint density at radius 2 is 1.42 bits per heavy atom. The lowest BCUT2D eigenvalue weighted by Crippen LogP contribution is -2.68. The van der Waals surface area contributed by atoms with Crippen LogP contribution in [0.25, 0.3) is 0 Å². The molecule has 0 bridgehead atoms. The smallest absolute Gasteiger partial charge is 0.413 e. The molecule has 10 heteroatoms. The number of amides is 1. The van der Waals surface area contributed by atoms with Crippen LogP contribution in [0.4, 0.5) is 10.5 Å². The molecule has 0 spiro atoms. The SMILES string of the molecule is CC(C)(C)OC(=O)N1CCC[C@@]1(CO[Si](c1ccccc1)(c1ccccc1)C(C)(C)C)OC(=O)c1ccc([N+](=O)[O-])cc1. The lowest BCUT2D eigenvalue weighted by Gasteiger charge is -2.46. The summed E-state index contributed by atoms with van der Waals surface area (Å²) in [5.74, 6) is -0.712. The molecule has 1 aliphatic rings. The predicted molar refractivity (Wildman–Crippen MR) is 167 cm³/mol. The maximum atomic E-state index is 13.6. The van der Waals surface area contributed by atoms with Gasteiger partial charge in [0.05, 0.1) is 17.1 Å².